The van der Waals surface area contributed by atoms with Gasteiger partial charge in [-0.05, 0) is 68.3 Å². The molecule has 0 radical (unpaired) electrons. The van der Waals surface area contributed by atoms with Gasteiger partial charge in [0.05, 0.1) is 13.2 Å². The summed E-state index contributed by atoms with van der Waals surface area (Å²) in [5.74, 6) is 0.876. The maximum atomic E-state index is 11.5. The second kappa shape index (κ2) is 14.6. The largest absolute Gasteiger partial charge is 0.497 e. The van der Waals surface area contributed by atoms with Gasteiger partial charge in [0.2, 0.25) is 0 Å². The van der Waals surface area contributed by atoms with Gasteiger partial charge in [0.25, 0.3) is 0 Å². The third-order valence-electron chi connectivity index (χ3n) is 3.89. The molecule has 0 aliphatic heterocycles. The Kier molecular flexibility index (Phi) is 13.8. The van der Waals surface area contributed by atoms with E-state index in [1.807, 2.05) is 39.8 Å². The standard InChI is InChI=1S/C20H34N2O3S.C2H6/c1-7-22(26-18-11-9-17(24-6)10-12-18)15-20(4,5)13-8-14-21-19(23)25-16(2)3;1-2/h9-12,16H,7-8,13-15H2,1-6H3,(H,21,23);1-2H3. The highest BCUT2D eigenvalue weighted by atomic mass is 32.2. The van der Waals surface area contributed by atoms with Crippen molar-refractivity contribution >= 4 is 18.0 Å². The molecular formula is C22H40N2O3S. The van der Waals surface area contributed by atoms with Crippen LogP contribution in [0.25, 0.3) is 0 Å². The van der Waals surface area contributed by atoms with E-state index in [-0.39, 0.29) is 17.6 Å². The number of carbonyl (C=O) groups is 1. The first kappa shape index (κ1) is 26.6. The molecule has 0 aliphatic rings. The summed E-state index contributed by atoms with van der Waals surface area (Å²) in [4.78, 5) is 12.7. The summed E-state index contributed by atoms with van der Waals surface area (Å²) in [6.07, 6.45) is 1.56. The molecule has 1 aromatic rings. The predicted octanol–water partition coefficient (Wildman–Crippen LogP) is 5.99. The minimum Gasteiger partial charge on any atom is -0.497 e. The van der Waals surface area contributed by atoms with E-state index in [1.165, 1.54) is 4.90 Å². The fourth-order valence-electron chi connectivity index (χ4n) is 2.56. The van der Waals surface area contributed by atoms with Crippen LogP contribution in [0.15, 0.2) is 29.2 Å². The molecule has 1 rings (SSSR count). The van der Waals surface area contributed by atoms with E-state index in [9.17, 15) is 4.79 Å². The van der Waals surface area contributed by atoms with E-state index in [1.54, 1.807) is 19.1 Å². The summed E-state index contributed by atoms with van der Waals surface area (Å²) in [5.41, 5.74) is 0.166. The van der Waals surface area contributed by atoms with Gasteiger partial charge in [0.1, 0.15) is 5.75 Å². The van der Waals surface area contributed by atoms with Gasteiger partial charge in [0, 0.05) is 24.5 Å². The number of nitrogens with zero attached hydrogens (tertiary/aromatic N) is 1. The lowest BCUT2D eigenvalue weighted by molar-refractivity contribution is 0.115. The average Bonchev–Trinajstić information content (AvgIpc) is 2.66. The number of ether oxygens (including phenoxy) is 2. The fourth-order valence-corrected chi connectivity index (χ4v) is 3.66. The first-order valence-electron chi connectivity index (χ1n) is 10.3. The molecule has 0 saturated heterocycles. The lowest BCUT2D eigenvalue weighted by atomic mass is 9.88. The van der Waals surface area contributed by atoms with Crippen LogP contribution in [-0.2, 0) is 4.74 Å². The smallest absolute Gasteiger partial charge is 0.407 e. The number of alkyl carbamates (subject to hydrolysis) is 1. The Labute approximate surface area is 176 Å². The third-order valence-corrected chi connectivity index (χ3v) is 5.02. The van der Waals surface area contributed by atoms with Crippen LogP contribution in [0, 0.1) is 5.41 Å². The molecule has 0 atom stereocenters. The summed E-state index contributed by atoms with van der Waals surface area (Å²) in [7, 11) is 1.68. The molecule has 1 N–H and O–H groups in total. The number of methoxy groups -OCH3 is 1. The second-order valence-electron chi connectivity index (χ2n) is 7.37. The molecule has 0 bridgehead atoms. The Morgan fingerprint density at radius 2 is 1.82 bits per heavy atom. The Bertz CT molecular complexity index is 533. The van der Waals surface area contributed by atoms with Crippen molar-refractivity contribution in [3.63, 3.8) is 0 Å². The number of hydrogen-bond donors (Lipinski definition) is 1. The molecule has 0 aromatic heterocycles. The van der Waals surface area contributed by atoms with Gasteiger partial charge in [-0.1, -0.05) is 34.6 Å². The highest BCUT2D eigenvalue weighted by Crippen LogP contribution is 2.30. The van der Waals surface area contributed by atoms with Crippen LogP contribution >= 0.6 is 11.9 Å². The Balaban J connectivity index is 0.00000352. The van der Waals surface area contributed by atoms with Crippen molar-refractivity contribution in [2.45, 2.75) is 72.3 Å². The van der Waals surface area contributed by atoms with Gasteiger partial charge < -0.3 is 14.8 Å². The average molecular weight is 413 g/mol. The van der Waals surface area contributed by atoms with E-state index in [0.717, 1.165) is 31.7 Å². The number of amides is 1. The quantitative estimate of drug-likeness (QED) is 0.357. The Morgan fingerprint density at radius 1 is 1.21 bits per heavy atom. The van der Waals surface area contributed by atoms with Crippen molar-refractivity contribution in [3.8, 4) is 5.75 Å². The summed E-state index contributed by atoms with van der Waals surface area (Å²) in [6.45, 7) is 17.0. The van der Waals surface area contributed by atoms with Crippen LogP contribution in [-0.4, -0.2) is 43.2 Å². The highest BCUT2D eigenvalue weighted by molar-refractivity contribution is 7.97. The summed E-state index contributed by atoms with van der Waals surface area (Å²) < 4.78 is 12.7. The number of nitrogens with one attached hydrogen (secondary N) is 1. The van der Waals surface area contributed by atoms with E-state index < -0.39 is 0 Å². The minimum absolute atomic E-state index is 0.0838. The zero-order valence-electron chi connectivity index (χ0n) is 19.0. The van der Waals surface area contributed by atoms with Crippen molar-refractivity contribution in [1.82, 2.24) is 9.62 Å². The van der Waals surface area contributed by atoms with Crippen molar-refractivity contribution in [2.24, 2.45) is 5.41 Å². The monoisotopic (exact) mass is 412 g/mol. The SMILES string of the molecule is CC.CCN(CC(C)(C)CCCNC(=O)OC(C)C)Sc1ccc(OC)cc1. The van der Waals surface area contributed by atoms with Crippen LogP contribution in [0.3, 0.4) is 0 Å². The predicted molar refractivity (Wildman–Crippen MR) is 120 cm³/mol. The minimum atomic E-state index is -0.331. The molecule has 28 heavy (non-hydrogen) atoms. The zero-order chi connectivity index (χ0) is 21.6. The summed E-state index contributed by atoms with van der Waals surface area (Å²) in [6, 6.07) is 8.15. The van der Waals surface area contributed by atoms with Gasteiger partial charge in [-0.25, -0.2) is 9.10 Å². The van der Waals surface area contributed by atoms with E-state index in [2.05, 4.69) is 42.5 Å². The molecular weight excluding hydrogens is 372 g/mol. The Hall–Kier alpha value is -1.40. The topological polar surface area (TPSA) is 50.8 Å². The van der Waals surface area contributed by atoms with E-state index in [4.69, 9.17) is 9.47 Å². The first-order valence-corrected chi connectivity index (χ1v) is 11.0. The van der Waals surface area contributed by atoms with Crippen LogP contribution in [0.4, 0.5) is 4.79 Å². The van der Waals surface area contributed by atoms with Gasteiger partial charge in [-0.3, -0.25) is 0 Å². The number of rotatable bonds is 11. The molecule has 162 valence electrons. The number of benzene rings is 1. The maximum Gasteiger partial charge on any atom is 0.407 e. The molecule has 0 saturated carbocycles. The van der Waals surface area contributed by atoms with E-state index >= 15 is 0 Å². The zero-order valence-corrected chi connectivity index (χ0v) is 19.8. The van der Waals surface area contributed by atoms with Crippen LogP contribution in [0.5, 0.6) is 5.75 Å². The maximum absolute atomic E-state index is 11.5. The van der Waals surface area contributed by atoms with Crippen LogP contribution in [0.2, 0.25) is 0 Å². The highest BCUT2D eigenvalue weighted by Gasteiger charge is 2.21. The molecule has 0 spiro atoms. The third kappa shape index (κ3) is 12.1. The molecule has 1 amide bonds. The summed E-state index contributed by atoms with van der Waals surface area (Å²) in [5, 5.41) is 2.81. The molecule has 0 unspecified atom stereocenters. The molecule has 1 aromatic carbocycles. The van der Waals surface area contributed by atoms with Crippen molar-refractivity contribution < 1.29 is 14.3 Å². The molecule has 0 heterocycles. The lowest BCUT2D eigenvalue weighted by Gasteiger charge is -2.31. The molecule has 6 heteroatoms. The normalized spacial score (nSPS) is 11.1. The molecule has 0 aliphatic carbocycles. The van der Waals surface area contributed by atoms with Gasteiger partial charge in [-0.2, -0.15) is 0 Å². The molecule has 5 nitrogen and oxygen atoms in total. The van der Waals surface area contributed by atoms with Crippen LogP contribution in [0.1, 0.15) is 61.3 Å². The van der Waals surface area contributed by atoms with E-state index in [0.29, 0.717) is 6.54 Å². The van der Waals surface area contributed by atoms with Crippen LogP contribution < -0.4 is 10.1 Å². The van der Waals surface area contributed by atoms with Crippen molar-refractivity contribution in [2.75, 3.05) is 26.7 Å². The summed E-state index contributed by atoms with van der Waals surface area (Å²) >= 11 is 1.77. The lowest BCUT2D eigenvalue weighted by Crippen LogP contribution is -2.32. The Morgan fingerprint density at radius 3 is 2.32 bits per heavy atom. The first-order chi connectivity index (χ1) is 13.3. The number of carbonyl (C=O) groups excluding carboxylic acids is 1. The van der Waals surface area contributed by atoms with Gasteiger partial charge in [0.15, 0.2) is 0 Å². The van der Waals surface area contributed by atoms with Gasteiger partial charge in [-0.15, -0.1) is 0 Å². The second-order valence-corrected chi connectivity index (χ2v) is 8.54. The molecule has 0 fully saturated rings. The fraction of sp³-hybridized carbons (Fsp3) is 0.682. The van der Waals surface area contributed by atoms with Crippen molar-refractivity contribution in [1.29, 1.82) is 0 Å². The van der Waals surface area contributed by atoms with Gasteiger partial charge >= 0.3 is 6.09 Å². The number of hydrogen-bond acceptors (Lipinski definition) is 5. The van der Waals surface area contributed by atoms with Crippen molar-refractivity contribution in [3.05, 3.63) is 24.3 Å².